The first-order valence-corrected chi connectivity index (χ1v) is 7.12. The summed E-state index contributed by atoms with van der Waals surface area (Å²) >= 11 is 0. The van der Waals surface area contributed by atoms with Gasteiger partial charge < -0.3 is 9.64 Å². The molecule has 1 unspecified atom stereocenters. The van der Waals surface area contributed by atoms with E-state index in [0.717, 1.165) is 17.7 Å². The molecule has 0 radical (unpaired) electrons. The zero-order valence-electron chi connectivity index (χ0n) is 12.8. The largest absolute Gasteiger partial charge is 0.365 e. The first-order valence-electron chi connectivity index (χ1n) is 7.12. The molecule has 0 heterocycles. The summed E-state index contributed by atoms with van der Waals surface area (Å²) in [6.45, 7) is 3.48. The normalized spacial score (nSPS) is 14.1. The van der Waals surface area contributed by atoms with Gasteiger partial charge in [0.15, 0.2) is 0 Å². The molecule has 0 bridgehead atoms. The van der Waals surface area contributed by atoms with Gasteiger partial charge in [0.25, 0.3) is 0 Å². The zero-order valence-corrected chi connectivity index (χ0v) is 12.8. The third-order valence-corrected chi connectivity index (χ3v) is 3.65. The molecule has 2 rings (SSSR count). The van der Waals surface area contributed by atoms with Crippen molar-refractivity contribution in [1.29, 1.82) is 0 Å². The maximum Gasteiger partial charge on any atom is 0.123 e. The van der Waals surface area contributed by atoms with E-state index in [1.54, 1.807) is 12.1 Å². The van der Waals surface area contributed by atoms with Gasteiger partial charge in [-0.2, -0.15) is 0 Å². The first kappa shape index (κ1) is 15.7. The summed E-state index contributed by atoms with van der Waals surface area (Å²) in [6, 6.07) is 16.6. The molecule has 0 N–H and O–H groups in total. The van der Waals surface area contributed by atoms with Gasteiger partial charge in [-0.1, -0.05) is 42.5 Å². The second-order valence-corrected chi connectivity index (χ2v) is 5.56. The van der Waals surface area contributed by atoms with Crippen LogP contribution in [0.25, 0.3) is 0 Å². The monoisotopic (exact) mass is 287 g/mol. The average molecular weight is 287 g/mol. The van der Waals surface area contributed by atoms with Crippen LogP contribution in [0.2, 0.25) is 0 Å². The van der Waals surface area contributed by atoms with Crippen molar-refractivity contribution in [2.24, 2.45) is 0 Å². The van der Waals surface area contributed by atoms with Crippen LogP contribution in [0.3, 0.4) is 0 Å². The molecule has 1 atom stereocenters. The van der Waals surface area contributed by atoms with Crippen molar-refractivity contribution in [3.63, 3.8) is 0 Å². The predicted octanol–water partition coefficient (Wildman–Crippen LogP) is 3.67. The Morgan fingerprint density at radius 1 is 0.952 bits per heavy atom. The molecular weight excluding hydrogens is 265 g/mol. The summed E-state index contributed by atoms with van der Waals surface area (Å²) in [6.07, 6.45) is 0. The van der Waals surface area contributed by atoms with Crippen molar-refractivity contribution in [1.82, 2.24) is 4.90 Å². The van der Waals surface area contributed by atoms with Crippen molar-refractivity contribution < 1.29 is 9.13 Å². The van der Waals surface area contributed by atoms with Crippen LogP contribution in [0, 0.1) is 5.82 Å². The lowest BCUT2D eigenvalue weighted by Gasteiger charge is -2.32. The van der Waals surface area contributed by atoms with Crippen molar-refractivity contribution in [2.75, 3.05) is 27.2 Å². The highest BCUT2D eigenvalue weighted by Gasteiger charge is 2.29. The molecule has 0 aromatic heterocycles. The van der Waals surface area contributed by atoms with E-state index >= 15 is 0 Å². The van der Waals surface area contributed by atoms with E-state index in [2.05, 4.69) is 4.90 Å². The van der Waals surface area contributed by atoms with Gasteiger partial charge in [0, 0.05) is 6.54 Å². The zero-order chi connectivity index (χ0) is 15.3. The van der Waals surface area contributed by atoms with Gasteiger partial charge in [0.05, 0.1) is 6.61 Å². The minimum absolute atomic E-state index is 0.234. The van der Waals surface area contributed by atoms with Gasteiger partial charge in [0.2, 0.25) is 0 Å². The van der Waals surface area contributed by atoms with E-state index in [1.165, 1.54) is 12.1 Å². The van der Waals surface area contributed by atoms with Crippen molar-refractivity contribution in [3.05, 3.63) is 71.5 Å². The molecule has 112 valence electrons. The Bertz CT molecular complexity index is 553. The second-order valence-electron chi connectivity index (χ2n) is 5.56. The molecule has 2 aromatic carbocycles. The van der Waals surface area contributed by atoms with Gasteiger partial charge in [-0.05, 0) is 44.3 Å². The molecule has 0 aliphatic heterocycles. The summed E-state index contributed by atoms with van der Waals surface area (Å²) in [5.41, 5.74) is 1.44. The summed E-state index contributed by atoms with van der Waals surface area (Å²) in [5.74, 6) is -0.234. The van der Waals surface area contributed by atoms with Crippen LogP contribution < -0.4 is 0 Å². The molecule has 0 aliphatic carbocycles. The second kappa shape index (κ2) is 6.83. The highest BCUT2D eigenvalue weighted by molar-refractivity contribution is 5.35. The van der Waals surface area contributed by atoms with Crippen molar-refractivity contribution in [3.8, 4) is 0 Å². The lowest BCUT2D eigenvalue weighted by atomic mass is 9.88. The van der Waals surface area contributed by atoms with E-state index < -0.39 is 5.60 Å². The molecule has 2 aromatic rings. The molecular formula is C18H22FNO. The molecule has 2 nitrogen and oxygen atoms in total. The number of hydrogen-bond donors (Lipinski definition) is 0. The third-order valence-electron chi connectivity index (χ3n) is 3.65. The summed E-state index contributed by atoms with van der Waals surface area (Å²) < 4.78 is 19.4. The number of benzene rings is 2. The molecule has 0 amide bonds. The van der Waals surface area contributed by atoms with E-state index in [1.807, 2.05) is 51.4 Å². The maximum atomic E-state index is 13.2. The summed E-state index contributed by atoms with van der Waals surface area (Å²) in [7, 11) is 4.03. The highest BCUT2D eigenvalue weighted by Crippen LogP contribution is 2.33. The molecule has 0 fully saturated rings. The van der Waals surface area contributed by atoms with Gasteiger partial charge in [0.1, 0.15) is 11.4 Å². The Labute approximate surface area is 126 Å². The first-order chi connectivity index (χ1) is 10.0. The number of rotatable bonds is 6. The van der Waals surface area contributed by atoms with Crippen LogP contribution in [0.5, 0.6) is 0 Å². The molecule has 21 heavy (non-hydrogen) atoms. The van der Waals surface area contributed by atoms with Crippen molar-refractivity contribution in [2.45, 2.75) is 12.5 Å². The topological polar surface area (TPSA) is 12.5 Å². The minimum atomic E-state index is -0.578. The van der Waals surface area contributed by atoms with Crippen LogP contribution in [-0.2, 0) is 10.3 Å². The number of likely N-dealkylation sites (N-methyl/N-ethyl adjacent to an activating group) is 1. The van der Waals surface area contributed by atoms with Crippen LogP contribution in [0.15, 0.2) is 54.6 Å². The van der Waals surface area contributed by atoms with Gasteiger partial charge in [-0.15, -0.1) is 0 Å². The Balaban J connectivity index is 2.31. The Hall–Kier alpha value is -1.71. The Kier molecular flexibility index (Phi) is 5.10. The molecule has 0 aliphatic rings. The predicted molar refractivity (Wildman–Crippen MR) is 83.8 cm³/mol. The van der Waals surface area contributed by atoms with Crippen LogP contribution in [0.4, 0.5) is 4.39 Å². The van der Waals surface area contributed by atoms with Crippen LogP contribution in [-0.4, -0.2) is 32.1 Å². The SMILES string of the molecule is CN(C)CCOC(C)(c1ccccc1)c1ccc(F)cc1. The maximum absolute atomic E-state index is 13.2. The number of halogens is 1. The fourth-order valence-electron chi connectivity index (χ4n) is 2.29. The van der Waals surface area contributed by atoms with Gasteiger partial charge in [-0.3, -0.25) is 0 Å². The highest BCUT2D eigenvalue weighted by atomic mass is 19.1. The summed E-state index contributed by atoms with van der Waals surface area (Å²) in [5, 5.41) is 0. The fraction of sp³-hybridized carbons (Fsp3) is 0.333. The van der Waals surface area contributed by atoms with E-state index in [-0.39, 0.29) is 5.82 Å². The minimum Gasteiger partial charge on any atom is -0.365 e. The lowest BCUT2D eigenvalue weighted by molar-refractivity contribution is -0.0102. The lowest BCUT2D eigenvalue weighted by Crippen LogP contribution is -2.31. The molecule has 0 saturated heterocycles. The number of nitrogens with zero attached hydrogens (tertiary/aromatic N) is 1. The summed E-state index contributed by atoms with van der Waals surface area (Å²) in [4.78, 5) is 2.08. The smallest absolute Gasteiger partial charge is 0.123 e. The van der Waals surface area contributed by atoms with Gasteiger partial charge in [-0.25, -0.2) is 4.39 Å². The molecule has 0 spiro atoms. The van der Waals surface area contributed by atoms with Gasteiger partial charge >= 0.3 is 0 Å². The van der Waals surface area contributed by atoms with E-state index in [4.69, 9.17) is 4.74 Å². The standard InChI is InChI=1S/C18H22FNO/c1-18(21-14-13-20(2)3,15-7-5-4-6-8-15)16-9-11-17(19)12-10-16/h4-12H,13-14H2,1-3H3. The number of ether oxygens (including phenoxy) is 1. The van der Waals surface area contributed by atoms with E-state index in [9.17, 15) is 4.39 Å². The van der Waals surface area contributed by atoms with Crippen LogP contribution >= 0.6 is 0 Å². The molecule has 0 saturated carbocycles. The average Bonchev–Trinajstić information content (AvgIpc) is 2.48. The Morgan fingerprint density at radius 2 is 1.52 bits per heavy atom. The third kappa shape index (κ3) is 3.90. The van der Waals surface area contributed by atoms with E-state index in [0.29, 0.717) is 6.61 Å². The van der Waals surface area contributed by atoms with Crippen LogP contribution in [0.1, 0.15) is 18.1 Å². The van der Waals surface area contributed by atoms with Crippen molar-refractivity contribution >= 4 is 0 Å². The quantitative estimate of drug-likeness (QED) is 0.804. The number of hydrogen-bond acceptors (Lipinski definition) is 2. The fourth-order valence-corrected chi connectivity index (χ4v) is 2.29. The Morgan fingerprint density at radius 3 is 2.10 bits per heavy atom. The molecule has 3 heteroatoms.